The fourth-order valence-corrected chi connectivity index (χ4v) is 9.14. The number of hydrogen-bond donors (Lipinski definition) is 1. The molecule has 132 valence electrons. The number of Topliss-reactive ketones (excluding diaryl/α,β-unsaturated/α-hetero) is 1. The highest BCUT2D eigenvalue weighted by Crippen LogP contribution is 2.48. The van der Waals surface area contributed by atoms with E-state index in [1.54, 1.807) is 0 Å². The average molecular weight is 345 g/mol. The van der Waals surface area contributed by atoms with Gasteiger partial charge in [0.2, 0.25) is 0 Å². The van der Waals surface area contributed by atoms with Gasteiger partial charge in [-0.05, 0) is 43.1 Å². The van der Waals surface area contributed by atoms with Gasteiger partial charge in [-0.3, -0.25) is 4.79 Å². The summed E-state index contributed by atoms with van der Waals surface area (Å²) in [7, 11) is -1.73. The van der Waals surface area contributed by atoms with Crippen molar-refractivity contribution < 1.29 is 9.90 Å². The summed E-state index contributed by atoms with van der Waals surface area (Å²) in [5, 5.41) is 11.6. The second-order valence-corrected chi connectivity index (χ2v) is 13.6. The van der Waals surface area contributed by atoms with Crippen molar-refractivity contribution in [3.8, 4) is 0 Å². The van der Waals surface area contributed by atoms with Crippen LogP contribution in [0, 0.1) is 17.8 Å². The number of carbonyl (C=O) groups excluding carboxylic acids is 1. The Morgan fingerprint density at radius 1 is 1.08 bits per heavy atom. The summed E-state index contributed by atoms with van der Waals surface area (Å²) in [4.78, 5) is 13.0. The molecule has 5 atom stereocenters. The first-order valence-corrected chi connectivity index (χ1v) is 12.7. The molecule has 1 aromatic carbocycles. The van der Waals surface area contributed by atoms with Crippen molar-refractivity contribution in [2.24, 2.45) is 17.8 Å². The fraction of sp³-hybridized carbons (Fsp3) is 0.667. The van der Waals surface area contributed by atoms with Crippen molar-refractivity contribution in [3.63, 3.8) is 0 Å². The molecule has 3 rings (SSSR count). The molecule has 2 nitrogen and oxygen atoms in total. The maximum Gasteiger partial charge on any atom is 0.136 e. The Morgan fingerprint density at radius 2 is 1.79 bits per heavy atom. The zero-order valence-electron chi connectivity index (χ0n) is 15.4. The van der Waals surface area contributed by atoms with Gasteiger partial charge in [0.05, 0.1) is 14.2 Å². The minimum atomic E-state index is -1.73. The van der Waals surface area contributed by atoms with E-state index < -0.39 is 8.07 Å². The van der Waals surface area contributed by atoms with E-state index in [0.717, 1.165) is 32.1 Å². The Morgan fingerprint density at radius 3 is 2.46 bits per heavy atom. The normalized spacial score (nSPS) is 35.0. The Hall–Kier alpha value is -0.933. The van der Waals surface area contributed by atoms with Crippen LogP contribution in [0.1, 0.15) is 45.4 Å². The van der Waals surface area contributed by atoms with Crippen molar-refractivity contribution in [3.05, 3.63) is 30.3 Å². The van der Waals surface area contributed by atoms with E-state index >= 15 is 0 Å². The highest BCUT2D eigenvalue weighted by molar-refractivity contribution is 6.91. The molecule has 0 heterocycles. The topological polar surface area (TPSA) is 37.3 Å². The van der Waals surface area contributed by atoms with Gasteiger partial charge in [0.15, 0.2) is 0 Å². The van der Waals surface area contributed by atoms with Crippen molar-refractivity contribution in [2.45, 2.75) is 70.2 Å². The van der Waals surface area contributed by atoms with E-state index in [-0.39, 0.29) is 12.0 Å². The van der Waals surface area contributed by atoms with E-state index in [4.69, 9.17) is 0 Å². The molecule has 0 bridgehead atoms. The lowest BCUT2D eigenvalue weighted by molar-refractivity contribution is -0.128. The SMILES string of the molecule is C[C@H]1CC(=O)[C@H]([C@H]2CCC[C@@H](O)C2)[C@H]([Si](C)(C)c2ccccc2)C1. The molecule has 2 fully saturated rings. The number of rotatable bonds is 3. The molecule has 2 aliphatic carbocycles. The number of carbonyl (C=O) groups is 1. The van der Waals surface area contributed by atoms with Crippen LogP contribution in [-0.2, 0) is 4.79 Å². The monoisotopic (exact) mass is 344 g/mol. The fourth-order valence-electron chi connectivity index (χ4n) is 5.31. The van der Waals surface area contributed by atoms with Gasteiger partial charge in [-0.25, -0.2) is 0 Å². The number of aliphatic hydroxyl groups excluding tert-OH is 1. The standard InChI is InChI=1S/C21H32O2Si/c1-15-12-19(23)21(16-8-7-9-17(22)14-16)20(13-15)24(2,3)18-10-5-4-6-11-18/h4-6,10-11,15-17,20-22H,7-9,12-14H2,1-3H3/t15-,16-,17+,20+,21-/m0/s1. The average Bonchev–Trinajstić information content (AvgIpc) is 2.55. The molecule has 1 N–H and O–H groups in total. The largest absolute Gasteiger partial charge is 0.393 e. The van der Waals surface area contributed by atoms with Crippen LogP contribution in [0.15, 0.2) is 30.3 Å². The maximum absolute atomic E-state index is 13.0. The first-order valence-electron chi connectivity index (χ1n) is 9.66. The summed E-state index contributed by atoms with van der Waals surface area (Å²) < 4.78 is 0. The maximum atomic E-state index is 13.0. The molecule has 2 aliphatic rings. The molecule has 24 heavy (non-hydrogen) atoms. The number of ketones is 1. The van der Waals surface area contributed by atoms with Crippen LogP contribution >= 0.6 is 0 Å². The Kier molecular flexibility index (Phi) is 5.31. The van der Waals surface area contributed by atoms with Crippen LogP contribution in [0.3, 0.4) is 0 Å². The molecule has 0 spiro atoms. The quantitative estimate of drug-likeness (QED) is 0.837. The van der Waals surface area contributed by atoms with Gasteiger partial charge in [-0.2, -0.15) is 0 Å². The van der Waals surface area contributed by atoms with Gasteiger partial charge in [0.25, 0.3) is 0 Å². The number of hydrogen-bond acceptors (Lipinski definition) is 2. The van der Waals surface area contributed by atoms with Crippen molar-refractivity contribution in [1.29, 1.82) is 0 Å². The highest BCUT2D eigenvalue weighted by atomic mass is 28.3. The van der Waals surface area contributed by atoms with Crippen LogP contribution < -0.4 is 5.19 Å². The third-order valence-corrected chi connectivity index (χ3v) is 10.9. The van der Waals surface area contributed by atoms with Gasteiger partial charge < -0.3 is 5.11 Å². The first-order chi connectivity index (χ1) is 11.4. The van der Waals surface area contributed by atoms with Crippen LogP contribution in [0.25, 0.3) is 0 Å². The number of benzene rings is 1. The minimum Gasteiger partial charge on any atom is -0.393 e. The number of aliphatic hydroxyl groups is 1. The lowest BCUT2D eigenvalue weighted by Gasteiger charge is -2.47. The molecule has 0 radical (unpaired) electrons. The van der Waals surface area contributed by atoms with Crippen molar-refractivity contribution in [2.75, 3.05) is 0 Å². The molecule has 0 amide bonds. The third-order valence-electron chi connectivity index (χ3n) is 6.65. The second-order valence-electron chi connectivity index (χ2n) is 8.81. The summed E-state index contributed by atoms with van der Waals surface area (Å²) in [6.45, 7) is 7.14. The summed E-state index contributed by atoms with van der Waals surface area (Å²) in [5.74, 6) is 1.56. The summed E-state index contributed by atoms with van der Waals surface area (Å²) in [5.41, 5.74) is 0.506. The predicted octanol–water partition coefficient (Wildman–Crippen LogP) is 4.14. The summed E-state index contributed by atoms with van der Waals surface area (Å²) in [6.07, 6.45) is 5.67. The highest BCUT2D eigenvalue weighted by Gasteiger charge is 2.48. The molecule has 0 aliphatic heterocycles. The molecular formula is C21H32O2Si. The van der Waals surface area contributed by atoms with Gasteiger partial charge >= 0.3 is 0 Å². The van der Waals surface area contributed by atoms with Gasteiger partial charge in [0, 0.05) is 12.3 Å². The van der Waals surface area contributed by atoms with Crippen LogP contribution in [0.2, 0.25) is 18.6 Å². The molecular weight excluding hydrogens is 312 g/mol. The third kappa shape index (κ3) is 3.52. The van der Waals surface area contributed by atoms with Crippen molar-refractivity contribution >= 4 is 19.0 Å². The lowest BCUT2D eigenvalue weighted by Crippen LogP contribution is -2.53. The Balaban J connectivity index is 1.93. The second kappa shape index (κ2) is 7.13. The van der Waals surface area contributed by atoms with Gasteiger partial charge in [-0.15, -0.1) is 0 Å². The van der Waals surface area contributed by atoms with Crippen LogP contribution in [-0.4, -0.2) is 25.1 Å². The zero-order chi connectivity index (χ0) is 17.3. The van der Waals surface area contributed by atoms with Crippen LogP contribution in [0.5, 0.6) is 0 Å². The van der Waals surface area contributed by atoms with E-state index in [1.807, 2.05) is 0 Å². The minimum absolute atomic E-state index is 0.179. The lowest BCUT2D eigenvalue weighted by atomic mass is 9.69. The Bertz CT molecular complexity index is 568. The van der Waals surface area contributed by atoms with E-state index in [9.17, 15) is 9.90 Å². The van der Waals surface area contributed by atoms with E-state index in [0.29, 0.717) is 23.2 Å². The van der Waals surface area contributed by atoms with Gasteiger partial charge in [0.1, 0.15) is 5.78 Å². The predicted molar refractivity (Wildman–Crippen MR) is 102 cm³/mol. The van der Waals surface area contributed by atoms with Gasteiger partial charge in [-0.1, -0.05) is 62.0 Å². The summed E-state index contributed by atoms with van der Waals surface area (Å²) in [6, 6.07) is 10.9. The Labute approximate surface area is 147 Å². The molecule has 3 heteroatoms. The van der Waals surface area contributed by atoms with Crippen LogP contribution in [0.4, 0.5) is 0 Å². The molecule has 0 saturated heterocycles. The first kappa shape index (κ1) is 17.9. The molecule has 2 saturated carbocycles. The van der Waals surface area contributed by atoms with E-state index in [2.05, 4.69) is 50.3 Å². The summed E-state index contributed by atoms with van der Waals surface area (Å²) >= 11 is 0. The molecule has 0 aromatic heterocycles. The molecule has 0 unspecified atom stereocenters. The van der Waals surface area contributed by atoms with E-state index in [1.165, 1.54) is 11.6 Å². The van der Waals surface area contributed by atoms with Crippen molar-refractivity contribution in [1.82, 2.24) is 0 Å². The smallest absolute Gasteiger partial charge is 0.136 e. The zero-order valence-corrected chi connectivity index (χ0v) is 16.4. The molecule has 1 aromatic rings.